The first-order valence-corrected chi connectivity index (χ1v) is 13.2. The monoisotopic (exact) mass is 574 g/mol. The van der Waals surface area contributed by atoms with E-state index in [1.165, 1.54) is 11.8 Å². The summed E-state index contributed by atoms with van der Waals surface area (Å²) in [6.07, 6.45) is 1.56. The fourth-order valence-corrected chi connectivity index (χ4v) is 4.84. The van der Waals surface area contributed by atoms with Crippen molar-refractivity contribution in [3.05, 3.63) is 53.3 Å². The molecule has 0 saturated carbocycles. The molecule has 0 bridgehead atoms. The van der Waals surface area contributed by atoms with Gasteiger partial charge in [-0.3, -0.25) is 14.3 Å². The zero-order valence-electron chi connectivity index (χ0n) is 24.9. The second-order valence-electron chi connectivity index (χ2n) is 11.0. The molecule has 1 aliphatic rings. The summed E-state index contributed by atoms with van der Waals surface area (Å²) in [5.74, 6) is 1.18. The van der Waals surface area contributed by atoms with E-state index in [-0.39, 0.29) is 23.8 Å². The Morgan fingerprint density at radius 1 is 0.976 bits per heavy atom. The quantitative estimate of drug-likeness (QED) is 0.352. The van der Waals surface area contributed by atoms with Crippen LogP contribution in [0.1, 0.15) is 47.2 Å². The Morgan fingerprint density at radius 2 is 1.64 bits per heavy atom. The molecule has 12 heteroatoms. The van der Waals surface area contributed by atoms with E-state index in [1.54, 1.807) is 68.4 Å². The number of carbonyl (C=O) groups is 2. The second-order valence-corrected chi connectivity index (χ2v) is 11.0. The molecule has 2 aromatic heterocycles. The number of aromatic nitrogens is 4. The molecule has 2 N–H and O–H groups in total. The van der Waals surface area contributed by atoms with Crippen LogP contribution in [0.25, 0.3) is 28.2 Å². The smallest absolute Gasteiger partial charge is 0.274 e. The van der Waals surface area contributed by atoms with Crippen LogP contribution in [-0.4, -0.2) is 70.2 Å². The Labute approximate surface area is 243 Å². The molecule has 42 heavy (non-hydrogen) atoms. The lowest BCUT2D eigenvalue weighted by atomic mass is 9.96. The number of methoxy groups -OCH3 is 3. The number of carbonyl (C=O) groups excluding carboxylic acids is 2. The zero-order chi connectivity index (χ0) is 30.5. The van der Waals surface area contributed by atoms with E-state index in [0.29, 0.717) is 56.8 Å². The zero-order valence-corrected chi connectivity index (χ0v) is 24.9. The first kappa shape index (κ1) is 28.5. The molecule has 12 nitrogen and oxygen atoms in total. The standard InChI is InChI=1S/C30H34N6O6/c1-30(2,3)35(5)29(38)26-22-15-42-24-13-23(41-8)19(25-21(28(31)37)14-34(4)32-25)12-20(24)27(22)36(33-26)16-9-17(39-6)11-18(10-16)40-7/h9-14H,15H2,1-8H3,(H2,31,37). The number of nitrogens with two attached hydrogens (primary N) is 1. The second kappa shape index (κ2) is 10.4. The van der Waals surface area contributed by atoms with Crippen LogP contribution in [0.2, 0.25) is 0 Å². The van der Waals surface area contributed by atoms with Crippen molar-refractivity contribution in [2.45, 2.75) is 32.9 Å². The number of benzene rings is 2. The Kier molecular flexibility index (Phi) is 7.09. The maximum absolute atomic E-state index is 13.8. The fourth-order valence-electron chi connectivity index (χ4n) is 4.84. The van der Waals surface area contributed by atoms with Gasteiger partial charge in [0.1, 0.15) is 35.3 Å². The Bertz CT molecular complexity index is 1690. The number of rotatable bonds is 7. The summed E-state index contributed by atoms with van der Waals surface area (Å²) >= 11 is 0. The topological polar surface area (TPSA) is 136 Å². The van der Waals surface area contributed by atoms with Gasteiger partial charge in [-0.05, 0) is 26.8 Å². The summed E-state index contributed by atoms with van der Waals surface area (Å²) < 4.78 is 26.1. The number of aryl methyl sites for hydroxylation is 1. The molecule has 2 aromatic carbocycles. The van der Waals surface area contributed by atoms with Crippen LogP contribution in [-0.2, 0) is 13.7 Å². The molecule has 5 rings (SSSR count). The van der Waals surface area contributed by atoms with Gasteiger partial charge in [-0.1, -0.05) is 0 Å². The van der Waals surface area contributed by atoms with Crippen molar-refractivity contribution in [1.82, 2.24) is 24.5 Å². The molecule has 4 aromatic rings. The number of hydrogen-bond acceptors (Lipinski definition) is 8. The third-order valence-corrected chi connectivity index (χ3v) is 7.36. The van der Waals surface area contributed by atoms with Gasteiger partial charge in [0.15, 0.2) is 5.69 Å². The molecule has 0 aliphatic carbocycles. The van der Waals surface area contributed by atoms with Gasteiger partial charge in [-0.25, -0.2) is 4.68 Å². The van der Waals surface area contributed by atoms with E-state index in [9.17, 15) is 9.59 Å². The minimum atomic E-state index is -0.624. The molecule has 0 fully saturated rings. The largest absolute Gasteiger partial charge is 0.497 e. The molecule has 3 heterocycles. The summed E-state index contributed by atoms with van der Waals surface area (Å²) in [5.41, 5.74) is 9.09. The minimum absolute atomic E-state index is 0.0983. The molecule has 220 valence electrons. The van der Waals surface area contributed by atoms with E-state index < -0.39 is 11.4 Å². The summed E-state index contributed by atoms with van der Waals surface area (Å²) in [7, 11) is 8.11. The van der Waals surface area contributed by atoms with Crippen molar-refractivity contribution >= 4 is 11.8 Å². The van der Waals surface area contributed by atoms with Crippen LogP contribution >= 0.6 is 0 Å². The number of hydrogen-bond donors (Lipinski definition) is 1. The van der Waals surface area contributed by atoms with Crippen molar-refractivity contribution in [1.29, 1.82) is 0 Å². The van der Waals surface area contributed by atoms with E-state index in [2.05, 4.69) is 5.10 Å². The van der Waals surface area contributed by atoms with Crippen LogP contribution < -0.4 is 24.7 Å². The van der Waals surface area contributed by atoms with Gasteiger partial charge >= 0.3 is 0 Å². The molecule has 2 amide bonds. The van der Waals surface area contributed by atoms with Crippen molar-refractivity contribution in [2.75, 3.05) is 28.4 Å². The van der Waals surface area contributed by atoms with Crippen LogP contribution in [0.5, 0.6) is 23.0 Å². The Hall–Kier alpha value is -5.00. The van der Waals surface area contributed by atoms with Gasteiger partial charge in [0.05, 0.1) is 38.3 Å². The van der Waals surface area contributed by atoms with Gasteiger partial charge in [-0.15, -0.1) is 0 Å². The lowest BCUT2D eigenvalue weighted by Gasteiger charge is -2.31. The predicted molar refractivity (Wildman–Crippen MR) is 156 cm³/mol. The molecule has 0 spiro atoms. The SMILES string of the molecule is COc1cc(OC)cc(-n2nc(C(=O)N(C)C(C)(C)C)c3c2-c2cc(-c4nn(C)cc4C(N)=O)c(OC)cc2OC3)c1. The van der Waals surface area contributed by atoms with Gasteiger partial charge in [0.25, 0.3) is 11.8 Å². The van der Waals surface area contributed by atoms with E-state index in [0.717, 1.165) is 0 Å². The lowest BCUT2D eigenvalue weighted by molar-refractivity contribution is 0.0646. The minimum Gasteiger partial charge on any atom is -0.497 e. The first-order valence-electron chi connectivity index (χ1n) is 13.2. The molecule has 0 radical (unpaired) electrons. The maximum atomic E-state index is 13.8. The molecule has 0 unspecified atom stereocenters. The summed E-state index contributed by atoms with van der Waals surface area (Å²) in [4.78, 5) is 27.8. The lowest BCUT2D eigenvalue weighted by Crippen LogP contribution is -2.43. The van der Waals surface area contributed by atoms with Crippen molar-refractivity contribution in [3.63, 3.8) is 0 Å². The Morgan fingerprint density at radius 3 is 2.21 bits per heavy atom. The fraction of sp³-hybridized carbons (Fsp3) is 0.333. The Balaban J connectivity index is 1.82. The van der Waals surface area contributed by atoms with E-state index in [1.807, 2.05) is 26.8 Å². The van der Waals surface area contributed by atoms with Crippen molar-refractivity contribution in [2.24, 2.45) is 12.8 Å². The van der Waals surface area contributed by atoms with Gasteiger partial charge in [-0.2, -0.15) is 10.2 Å². The molecule has 0 saturated heterocycles. The van der Waals surface area contributed by atoms with Gasteiger partial charge in [0, 0.05) is 66.8 Å². The maximum Gasteiger partial charge on any atom is 0.274 e. The predicted octanol–water partition coefficient (Wildman–Crippen LogP) is 3.83. The molecule has 0 atom stereocenters. The van der Waals surface area contributed by atoms with Crippen LogP contribution in [0.3, 0.4) is 0 Å². The highest BCUT2D eigenvalue weighted by atomic mass is 16.5. The summed E-state index contributed by atoms with van der Waals surface area (Å²) in [6, 6.07) is 8.92. The summed E-state index contributed by atoms with van der Waals surface area (Å²) in [6.45, 7) is 5.96. The molecule has 1 aliphatic heterocycles. The normalized spacial score (nSPS) is 12.2. The van der Waals surface area contributed by atoms with Crippen LogP contribution in [0.15, 0.2) is 36.5 Å². The number of amides is 2. The highest BCUT2D eigenvalue weighted by molar-refractivity contribution is 6.01. The van der Waals surface area contributed by atoms with Crippen LogP contribution in [0.4, 0.5) is 0 Å². The molecular weight excluding hydrogens is 540 g/mol. The van der Waals surface area contributed by atoms with Crippen LogP contribution in [0, 0.1) is 0 Å². The van der Waals surface area contributed by atoms with E-state index >= 15 is 0 Å². The van der Waals surface area contributed by atoms with Gasteiger partial charge < -0.3 is 29.6 Å². The number of fused-ring (bicyclic) bond motifs is 3. The third kappa shape index (κ3) is 4.78. The van der Waals surface area contributed by atoms with Crippen molar-refractivity contribution < 1.29 is 28.5 Å². The first-order chi connectivity index (χ1) is 19.9. The third-order valence-electron chi connectivity index (χ3n) is 7.36. The molecular formula is C30H34N6O6. The number of ether oxygens (including phenoxy) is 4. The van der Waals surface area contributed by atoms with Crippen molar-refractivity contribution in [3.8, 4) is 51.2 Å². The van der Waals surface area contributed by atoms with E-state index in [4.69, 9.17) is 29.8 Å². The highest BCUT2D eigenvalue weighted by Gasteiger charge is 2.35. The average molecular weight is 575 g/mol. The number of primary amides is 1. The summed E-state index contributed by atoms with van der Waals surface area (Å²) in [5, 5.41) is 9.35. The number of nitrogens with zero attached hydrogens (tertiary/aromatic N) is 5. The highest BCUT2D eigenvalue weighted by Crippen LogP contribution is 2.46. The average Bonchev–Trinajstić information content (AvgIpc) is 3.56. The van der Waals surface area contributed by atoms with Gasteiger partial charge in [0.2, 0.25) is 0 Å².